The fraction of sp³-hybridized carbons (Fsp3) is 0.533. The predicted molar refractivity (Wildman–Crippen MR) is 76.9 cm³/mol. The Labute approximate surface area is 115 Å². The van der Waals surface area contributed by atoms with Crippen LogP contribution in [0.3, 0.4) is 0 Å². The van der Waals surface area contributed by atoms with E-state index >= 15 is 0 Å². The minimum atomic E-state index is -0.370. The van der Waals surface area contributed by atoms with Crippen molar-refractivity contribution in [3.63, 3.8) is 0 Å². The second kappa shape index (κ2) is 6.68. The zero-order valence-corrected chi connectivity index (χ0v) is 11.6. The number of primary amides is 1. The Balaban J connectivity index is 1.72. The molecular weight excluding hydrogens is 238 g/mol. The standard InChI is InChI=1S/C15H23N3O/c1-2-18-8-7-13(11-18)10-17-9-12-3-5-14(6-4-12)15(16)19/h3-6,13,17H,2,7-11H2,1H3,(H2,16,19). The summed E-state index contributed by atoms with van der Waals surface area (Å²) >= 11 is 0. The number of hydrogen-bond acceptors (Lipinski definition) is 3. The number of benzene rings is 1. The third-order valence-electron chi connectivity index (χ3n) is 3.82. The highest BCUT2D eigenvalue weighted by Gasteiger charge is 2.20. The molecule has 2 rings (SSSR count). The van der Waals surface area contributed by atoms with Crippen molar-refractivity contribution in [2.45, 2.75) is 19.9 Å². The summed E-state index contributed by atoms with van der Waals surface area (Å²) in [6, 6.07) is 7.49. The summed E-state index contributed by atoms with van der Waals surface area (Å²) in [5, 5.41) is 3.49. The molecule has 4 heteroatoms. The predicted octanol–water partition coefficient (Wildman–Crippen LogP) is 1.22. The van der Waals surface area contributed by atoms with E-state index in [1.807, 2.05) is 12.1 Å². The molecule has 1 heterocycles. The summed E-state index contributed by atoms with van der Waals surface area (Å²) < 4.78 is 0. The molecule has 0 saturated carbocycles. The van der Waals surface area contributed by atoms with Crippen LogP contribution >= 0.6 is 0 Å². The number of nitrogens with zero attached hydrogens (tertiary/aromatic N) is 1. The first kappa shape index (κ1) is 14.0. The third kappa shape index (κ3) is 4.04. The lowest BCUT2D eigenvalue weighted by atomic mass is 10.1. The van der Waals surface area contributed by atoms with Crippen molar-refractivity contribution in [3.8, 4) is 0 Å². The van der Waals surface area contributed by atoms with Crippen molar-refractivity contribution >= 4 is 5.91 Å². The first-order valence-corrected chi connectivity index (χ1v) is 7.01. The second-order valence-electron chi connectivity index (χ2n) is 5.24. The van der Waals surface area contributed by atoms with Crippen molar-refractivity contribution in [2.75, 3.05) is 26.2 Å². The Bertz CT molecular complexity index is 416. The molecule has 0 bridgehead atoms. The van der Waals surface area contributed by atoms with Gasteiger partial charge in [0.15, 0.2) is 0 Å². The highest BCUT2D eigenvalue weighted by atomic mass is 16.1. The topological polar surface area (TPSA) is 58.4 Å². The first-order chi connectivity index (χ1) is 9.19. The number of nitrogens with two attached hydrogens (primary N) is 1. The second-order valence-corrected chi connectivity index (χ2v) is 5.24. The van der Waals surface area contributed by atoms with Gasteiger partial charge in [-0.25, -0.2) is 0 Å². The first-order valence-electron chi connectivity index (χ1n) is 7.01. The van der Waals surface area contributed by atoms with Gasteiger partial charge < -0.3 is 16.0 Å². The molecule has 1 aromatic carbocycles. The largest absolute Gasteiger partial charge is 0.366 e. The molecule has 1 amide bonds. The minimum Gasteiger partial charge on any atom is -0.366 e. The van der Waals surface area contributed by atoms with Crippen molar-refractivity contribution in [1.82, 2.24) is 10.2 Å². The Hall–Kier alpha value is -1.39. The quantitative estimate of drug-likeness (QED) is 0.809. The monoisotopic (exact) mass is 261 g/mol. The molecule has 1 aliphatic rings. The van der Waals surface area contributed by atoms with Crippen LogP contribution in [0.15, 0.2) is 24.3 Å². The number of carbonyl (C=O) groups excluding carboxylic acids is 1. The zero-order chi connectivity index (χ0) is 13.7. The maximum absolute atomic E-state index is 11.0. The average molecular weight is 261 g/mol. The van der Waals surface area contributed by atoms with E-state index < -0.39 is 0 Å². The van der Waals surface area contributed by atoms with Crippen LogP contribution < -0.4 is 11.1 Å². The number of likely N-dealkylation sites (tertiary alicyclic amines) is 1. The average Bonchev–Trinajstić information content (AvgIpc) is 2.87. The van der Waals surface area contributed by atoms with E-state index in [2.05, 4.69) is 17.1 Å². The number of amides is 1. The molecule has 3 N–H and O–H groups in total. The fourth-order valence-electron chi connectivity index (χ4n) is 2.57. The maximum Gasteiger partial charge on any atom is 0.248 e. The highest BCUT2D eigenvalue weighted by Crippen LogP contribution is 2.14. The van der Waals surface area contributed by atoms with Gasteiger partial charge in [0, 0.05) is 18.7 Å². The van der Waals surface area contributed by atoms with Gasteiger partial charge in [-0.1, -0.05) is 19.1 Å². The lowest BCUT2D eigenvalue weighted by molar-refractivity contribution is 0.100. The van der Waals surface area contributed by atoms with Crippen molar-refractivity contribution in [2.24, 2.45) is 11.7 Å². The van der Waals surface area contributed by atoms with E-state index in [1.54, 1.807) is 12.1 Å². The number of carbonyl (C=O) groups is 1. The van der Waals surface area contributed by atoms with Gasteiger partial charge in [0.25, 0.3) is 0 Å². The summed E-state index contributed by atoms with van der Waals surface area (Å²) in [6.07, 6.45) is 1.29. The Kier molecular flexibility index (Phi) is 4.93. The molecule has 19 heavy (non-hydrogen) atoms. The van der Waals surface area contributed by atoms with Gasteiger partial charge in [-0.2, -0.15) is 0 Å². The molecule has 1 atom stereocenters. The molecule has 1 fully saturated rings. The molecule has 1 aromatic rings. The number of nitrogens with one attached hydrogen (secondary N) is 1. The summed E-state index contributed by atoms with van der Waals surface area (Å²) in [4.78, 5) is 13.5. The lowest BCUT2D eigenvalue weighted by Gasteiger charge is -2.13. The van der Waals surface area contributed by atoms with Gasteiger partial charge in [-0.3, -0.25) is 4.79 Å². The summed E-state index contributed by atoms with van der Waals surface area (Å²) in [6.45, 7) is 7.73. The molecule has 104 valence electrons. The number of rotatable bonds is 6. The maximum atomic E-state index is 11.0. The highest BCUT2D eigenvalue weighted by molar-refractivity contribution is 5.92. The van der Waals surface area contributed by atoms with Crippen molar-refractivity contribution in [3.05, 3.63) is 35.4 Å². The molecular formula is C15H23N3O. The molecule has 0 radical (unpaired) electrons. The summed E-state index contributed by atoms with van der Waals surface area (Å²) in [5.74, 6) is 0.398. The van der Waals surface area contributed by atoms with Crippen LogP contribution in [0.1, 0.15) is 29.3 Å². The SMILES string of the molecule is CCN1CCC(CNCc2ccc(C(N)=O)cc2)C1. The summed E-state index contributed by atoms with van der Waals surface area (Å²) in [7, 11) is 0. The van der Waals surface area contributed by atoms with Crippen LogP contribution in [-0.2, 0) is 6.54 Å². The van der Waals surface area contributed by atoms with Crippen LogP contribution in [0, 0.1) is 5.92 Å². The van der Waals surface area contributed by atoms with Crippen LogP contribution in [-0.4, -0.2) is 37.0 Å². The van der Waals surface area contributed by atoms with E-state index in [-0.39, 0.29) is 5.91 Å². The molecule has 1 aliphatic heterocycles. The van der Waals surface area contributed by atoms with Crippen molar-refractivity contribution in [1.29, 1.82) is 0 Å². The van der Waals surface area contributed by atoms with Gasteiger partial charge in [0.05, 0.1) is 0 Å². The third-order valence-corrected chi connectivity index (χ3v) is 3.82. The lowest BCUT2D eigenvalue weighted by Crippen LogP contribution is -2.26. The van der Waals surface area contributed by atoms with Crippen LogP contribution in [0.2, 0.25) is 0 Å². The molecule has 4 nitrogen and oxygen atoms in total. The van der Waals surface area contributed by atoms with E-state index in [9.17, 15) is 4.79 Å². The Morgan fingerprint density at radius 2 is 2.16 bits per heavy atom. The van der Waals surface area contributed by atoms with Gasteiger partial charge in [-0.15, -0.1) is 0 Å². The van der Waals surface area contributed by atoms with Gasteiger partial charge >= 0.3 is 0 Å². The zero-order valence-electron chi connectivity index (χ0n) is 11.6. The number of hydrogen-bond donors (Lipinski definition) is 2. The van der Waals surface area contributed by atoms with Gasteiger partial charge in [0.2, 0.25) is 5.91 Å². The Morgan fingerprint density at radius 3 is 2.74 bits per heavy atom. The van der Waals surface area contributed by atoms with Crippen LogP contribution in [0.25, 0.3) is 0 Å². The van der Waals surface area contributed by atoms with E-state index in [0.717, 1.165) is 25.6 Å². The smallest absolute Gasteiger partial charge is 0.248 e. The van der Waals surface area contributed by atoms with E-state index in [1.165, 1.54) is 25.1 Å². The minimum absolute atomic E-state index is 0.370. The van der Waals surface area contributed by atoms with Gasteiger partial charge in [-0.05, 0) is 49.7 Å². The van der Waals surface area contributed by atoms with Gasteiger partial charge in [0.1, 0.15) is 0 Å². The normalized spacial score (nSPS) is 19.7. The van der Waals surface area contributed by atoms with E-state index in [0.29, 0.717) is 5.56 Å². The Morgan fingerprint density at radius 1 is 1.42 bits per heavy atom. The fourth-order valence-corrected chi connectivity index (χ4v) is 2.57. The molecule has 0 aliphatic carbocycles. The molecule has 1 unspecified atom stereocenters. The summed E-state index contributed by atoms with van der Waals surface area (Å²) in [5.41, 5.74) is 6.97. The van der Waals surface area contributed by atoms with Crippen molar-refractivity contribution < 1.29 is 4.79 Å². The van der Waals surface area contributed by atoms with Crippen LogP contribution in [0.4, 0.5) is 0 Å². The van der Waals surface area contributed by atoms with E-state index in [4.69, 9.17) is 5.73 Å². The van der Waals surface area contributed by atoms with Crippen LogP contribution in [0.5, 0.6) is 0 Å². The molecule has 1 saturated heterocycles. The molecule has 0 spiro atoms. The molecule has 0 aromatic heterocycles.